The quantitative estimate of drug-likeness (QED) is 0.844. The third-order valence-corrected chi connectivity index (χ3v) is 3.84. The Morgan fingerprint density at radius 1 is 1.32 bits per heavy atom. The van der Waals surface area contributed by atoms with Gasteiger partial charge in [0.05, 0.1) is 5.75 Å². The van der Waals surface area contributed by atoms with Gasteiger partial charge >= 0.3 is 0 Å². The summed E-state index contributed by atoms with van der Waals surface area (Å²) >= 11 is 5.09. The highest BCUT2D eigenvalue weighted by Gasteiger charge is 2.17. The van der Waals surface area contributed by atoms with E-state index in [1.807, 2.05) is 26.0 Å². The summed E-state index contributed by atoms with van der Waals surface area (Å²) in [5, 5.41) is 3.96. The molecular weight excluding hydrogens is 326 g/mol. The van der Waals surface area contributed by atoms with Crippen molar-refractivity contribution in [2.45, 2.75) is 36.5 Å². The zero-order valence-corrected chi connectivity index (χ0v) is 13.3. The number of nitrogens with zero attached hydrogens (tertiary/aromatic N) is 2. The fourth-order valence-electron chi connectivity index (χ4n) is 1.49. The van der Waals surface area contributed by atoms with Gasteiger partial charge in [0.2, 0.25) is 5.89 Å². The molecule has 0 spiro atoms. The number of aromatic nitrogens is 2. The van der Waals surface area contributed by atoms with Crippen molar-refractivity contribution in [2.75, 3.05) is 0 Å². The van der Waals surface area contributed by atoms with Crippen molar-refractivity contribution in [1.29, 1.82) is 0 Å². The molecule has 0 saturated carbocycles. The predicted molar refractivity (Wildman–Crippen MR) is 80.0 cm³/mol. The van der Waals surface area contributed by atoms with E-state index in [4.69, 9.17) is 10.3 Å². The minimum atomic E-state index is -0.331. The van der Waals surface area contributed by atoms with Crippen LogP contribution in [-0.2, 0) is 12.2 Å². The molecule has 0 aliphatic rings. The van der Waals surface area contributed by atoms with E-state index in [-0.39, 0.29) is 5.54 Å². The molecule has 4 nitrogen and oxygen atoms in total. The molecule has 1 aromatic carbocycles. The highest BCUT2D eigenvalue weighted by Crippen LogP contribution is 2.23. The molecule has 0 aliphatic carbocycles. The maximum absolute atomic E-state index is 5.92. The molecule has 2 aromatic rings. The van der Waals surface area contributed by atoms with E-state index < -0.39 is 0 Å². The minimum absolute atomic E-state index is 0.331. The van der Waals surface area contributed by atoms with E-state index in [1.165, 1.54) is 4.90 Å². The minimum Gasteiger partial charge on any atom is -0.339 e. The van der Waals surface area contributed by atoms with Gasteiger partial charge in [0.15, 0.2) is 5.82 Å². The number of halogens is 1. The van der Waals surface area contributed by atoms with Crippen LogP contribution in [0.1, 0.15) is 25.6 Å². The number of rotatable bonds is 5. The summed E-state index contributed by atoms with van der Waals surface area (Å²) in [6.45, 7) is 3.88. The second-order valence-electron chi connectivity index (χ2n) is 5.01. The number of hydrogen-bond donors (Lipinski definition) is 1. The third kappa shape index (κ3) is 4.97. The highest BCUT2D eigenvalue weighted by molar-refractivity contribution is 9.10. The molecule has 0 radical (unpaired) electrons. The van der Waals surface area contributed by atoms with Gasteiger partial charge in [-0.15, -0.1) is 11.8 Å². The molecule has 0 aliphatic heterocycles. The van der Waals surface area contributed by atoms with E-state index in [0.717, 1.165) is 4.47 Å². The van der Waals surface area contributed by atoms with Crippen LogP contribution in [-0.4, -0.2) is 15.7 Å². The zero-order valence-electron chi connectivity index (χ0n) is 10.9. The van der Waals surface area contributed by atoms with Gasteiger partial charge in [0, 0.05) is 21.3 Å². The Kier molecular flexibility index (Phi) is 4.65. The molecule has 102 valence electrons. The van der Waals surface area contributed by atoms with Crippen LogP contribution in [0.5, 0.6) is 0 Å². The SMILES string of the molecule is CC(C)(N)Cc1nc(CSc2ccc(Br)cc2)no1. The van der Waals surface area contributed by atoms with Crippen LogP contribution < -0.4 is 5.73 Å². The van der Waals surface area contributed by atoms with E-state index in [9.17, 15) is 0 Å². The van der Waals surface area contributed by atoms with E-state index in [2.05, 4.69) is 38.2 Å². The molecule has 0 unspecified atom stereocenters. The lowest BCUT2D eigenvalue weighted by Gasteiger charge is -2.14. The molecule has 1 aromatic heterocycles. The Bertz CT molecular complexity index is 534. The Balaban J connectivity index is 1.91. The molecule has 0 atom stereocenters. The van der Waals surface area contributed by atoms with Crippen molar-refractivity contribution >= 4 is 27.7 Å². The van der Waals surface area contributed by atoms with Crippen LogP contribution in [0.15, 0.2) is 38.2 Å². The lowest BCUT2D eigenvalue weighted by atomic mass is 10.0. The first-order chi connectivity index (χ1) is 8.92. The molecule has 0 bridgehead atoms. The third-order valence-electron chi connectivity index (χ3n) is 2.30. The predicted octanol–water partition coefficient (Wildman–Crippen LogP) is 3.40. The summed E-state index contributed by atoms with van der Waals surface area (Å²) in [4.78, 5) is 5.52. The molecule has 2 rings (SSSR count). The summed E-state index contributed by atoms with van der Waals surface area (Å²) in [6.07, 6.45) is 0.586. The molecule has 1 heterocycles. The van der Waals surface area contributed by atoms with Crippen LogP contribution in [0, 0.1) is 0 Å². The Labute approximate surface area is 125 Å². The van der Waals surface area contributed by atoms with E-state index in [0.29, 0.717) is 23.9 Å². The van der Waals surface area contributed by atoms with Crippen molar-refractivity contribution < 1.29 is 4.52 Å². The number of thioether (sulfide) groups is 1. The summed E-state index contributed by atoms with van der Waals surface area (Å²) in [5.41, 5.74) is 5.59. The summed E-state index contributed by atoms with van der Waals surface area (Å²) in [7, 11) is 0. The van der Waals surface area contributed by atoms with Gasteiger partial charge in [0.25, 0.3) is 0 Å². The average Bonchev–Trinajstić information content (AvgIpc) is 2.73. The Hall–Kier alpha value is -0.850. The first-order valence-corrected chi connectivity index (χ1v) is 7.69. The monoisotopic (exact) mass is 341 g/mol. The van der Waals surface area contributed by atoms with Crippen LogP contribution in [0.4, 0.5) is 0 Å². The molecule has 0 saturated heterocycles. The lowest BCUT2D eigenvalue weighted by molar-refractivity contribution is 0.345. The van der Waals surface area contributed by atoms with Gasteiger partial charge in [-0.25, -0.2) is 0 Å². The fourth-order valence-corrected chi connectivity index (χ4v) is 2.49. The molecule has 6 heteroatoms. The Morgan fingerprint density at radius 3 is 2.63 bits per heavy atom. The van der Waals surface area contributed by atoms with Crippen molar-refractivity contribution in [3.05, 3.63) is 40.5 Å². The molecule has 2 N–H and O–H groups in total. The van der Waals surface area contributed by atoms with Gasteiger partial charge in [-0.3, -0.25) is 0 Å². The summed E-state index contributed by atoms with van der Waals surface area (Å²) < 4.78 is 6.26. The van der Waals surface area contributed by atoms with Crippen LogP contribution in [0.2, 0.25) is 0 Å². The van der Waals surface area contributed by atoms with E-state index >= 15 is 0 Å². The zero-order chi connectivity index (χ0) is 13.9. The highest BCUT2D eigenvalue weighted by atomic mass is 79.9. The largest absolute Gasteiger partial charge is 0.339 e. The van der Waals surface area contributed by atoms with Gasteiger partial charge < -0.3 is 10.3 Å². The second-order valence-corrected chi connectivity index (χ2v) is 6.98. The van der Waals surface area contributed by atoms with Gasteiger partial charge in [-0.1, -0.05) is 21.1 Å². The maximum Gasteiger partial charge on any atom is 0.228 e. The molecule has 0 fully saturated rings. The van der Waals surface area contributed by atoms with Crippen molar-refractivity contribution in [1.82, 2.24) is 10.1 Å². The number of hydrogen-bond acceptors (Lipinski definition) is 5. The van der Waals surface area contributed by atoms with Crippen LogP contribution >= 0.6 is 27.7 Å². The van der Waals surface area contributed by atoms with Crippen molar-refractivity contribution in [2.24, 2.45) is 5.73 Å². The standard InChI is InChI=1S/C13H16BrN3OS/c1-13(2,15)7-12-16-11(17-18-12)8-19-10-5-3-9(14)4-6-10/h3-6H,7-8,15H2,1-2H3. The van der Waals surface area contributed by atoms with E-state index in [1.54, 1.807) is 11.8 Å². The normalized spacial score (nSPS) is 11.8. The van der Waals surface area contributed by atoms with Gasteiger partial charge in [0.1, 0.15) is 0 Å². The number of benzene rings is 1. The van der Waals surface area contributed by atoms with Crippen LogP contribution in [0.3, 0.4) is 0 Å². The first kappa shape index (κ1) is 14.6. The smallest absolute Gasteiger partial charge is 0.228 e. The molecular formula is C13H16BrN3OS. The van der Waals surface area contributed by atoms with Crippen LogP contribution in [0.25, 0.3) is 0 Å². The summed E-state index contributed by atoms with van der Waals surface area (Å²) in [6, 6.07) is 8.14. The number of nitrogens with two attached hydrogens (primary N) is 1. The topological polar surface area (TPSA) is 64.9 Å². The lowest BCUT2D eigenvalue weighted by Crippen LogP contribution is -2.34. The maximum atomic E-state index is 5.92. The van der Waals surface area contributed by atoms with Gasteiger partial charge in [-0.05, 0) is 38.1 Å². The Morgan fingerprint density at radius 2 is 2.00 bits per heavy atom. The van der Waals surface area contributed by atoms with Crippen molar-refractivity contribution in [3.8, 4) is 0 Å². The average molecular weight is 342 g/mol. The fraction of sp³-hybridized carbons (Fsp3) is 0.385. The van der Waals surface area contributed by atoms with Gasteiger partial charge in [-0.2, -0.15) is 4.98 Å². The first-order valence-electron chi connectivity index (χ1n) is 5.91. The molecule has 0 amide bonds. The second kappa shape index (κ2) is 6.07. The molecule has 19 heavy (non-hydrogen) atoms. The van der Waals surface area contributed by atoms with Crippen molar-refractivity contribution in [3.63, 3.8) is 0 Å². The summed E-state index contributed by atoms with van der Waals surface area (Å²) in [5.74, 6) is 1.99.